The zero-order valence-electron chi connectivity index (χ0n) is 14.1. The van der Waals surface area contributed by atoms with E-state index in [-0.39, 0.29) is 28.4 Å². The van der Waals surface area contributed by atoms with Gasteiger partial charge in [0.1, 0.15) is 29.3 Å². The molecular weight excluding hydrogens is 363 g/mol. The summed E-state index contributed by atoms with van der Waals surface area (Å²) in [6, 6.07) is 13.2. The maximum absolute atomic E-state index is 12.5. The van der Waals surface area contributed by atoms with Crippen molar-refractivity contribution in [3.05, 3.63) is 76.3 Å². The predicted octanol–water partition coefficient (Wildman–Crippen LogP) is 0.713. The van der Waals surface area contributed by atoms with E-state index in [1.807, 2.05) is 59.9 Å². The molecule has 2 aromatic rings. The Labute approximate surface area is 153 Å². The zero-order valence-corrected chi connectivity index (χ0v) is 15.7. The highest BCUT2D eigenvalue weighted by Gasteiger charge is 2.23. The standard InChI is InChI=1S/C17H19B3BrNO2/c1-2-12(10-6-4-3-5-7-10)13-8-11(21)9-14(15(13)23)16(24)22-17(18,19)20/h2-9,12,23H,1,18-20H2,(H,22,24). The van der Waals surface area contributed by atoms with Crippen molar-refractivity contribution in [1.29, 1.82) is 0 Å². The number of rotatable bonds is 5. The smallest absolute Gasteiger partial charge is 0.253 e. The fraction of sp³-hybridized carbons (Fsp3) is 0.118. The van der Waals surface area contributed by atoms with Crippen LogP contribution < -0.4 is 5.32 Å². The van der Waals surface area contributed by atoms with Crippen molar-refractivity contribution < 1.29 is 9.90 Å². The molecule has 0 aromatic heterocycles. The van der Waals surface area contributed by atoms with Gasteiger partial charge in [-0.1, -0.05) is 52.3 Å². The number of carbonyl (C=O) groups excluding carboxylic acids is 1. The lowest BCUT2D eigenvalue weighted by atomic mass is 9.49. The predicted molar refractivity (Wildman–Crippen MR) is 110 cm³/mol. The fourth-order valence-electron chi connectivity index (χ4n) is 2.54. The number of amides is 1. The Kier molecular flexibility index (Phi) is 5.65. The molecule has 0 saturated carbocycles. The van der Waals surface area contributed by atoms with Gasteiger partial charge in [-0.15, -0.1) is 6.58 Å². The van der Waals surface area contributed by atoms with Gasteiger partial charge >= 0.3 is 0 Å². The van der Waals surface area contributed by atoms with Gasteiger partial charge in [-0.3, -0.25) is 4.79 Å². The minimum Gasteiger partial charge on any atom is -0.507 e. The highest BCUT2D eigenvalue weighted by atomic mass is 79.9. The Morgan fingerprint density at radius 3 is 2.42 bits per heavy atom. The van der Waals surface area contributed by atoms with Gasteiger partial charge in [0, 0.05) is 16.0 Å². The van der Waals surface area contributed by atoms with Gasteiger partial charge in [-0.2, -0.15) is 0 Å². The Morgan fingerprint density at radius 1 is 1.25 bits per heavy atom. The number of aromatic hydroxyl groups is 1. The van der Waals surface area contributed by atoms with Crippen molar-refractivity contribution in [3.8, 4) is 5.75 Å². The Hall–Kier alpha value is -1.88. The van der Waals surface area contributed by atoms with E-state index in [1.54, 1.807) is 12.1 Å². The molecule has 2 rings (SSSR count). The molecule has 0 fully saturated rings. The molecule has 0 heterocycles. The van der Waals surface area contributed by atoms with Gasteiger partial charge in [0.2, 0.25) is 0 Å². The molecular formula is C17H19B3BrNO2. The van der Waals surface area contributed by atoms with Crippen LogP contribution >= 0.6 is 15.9 Å². The first-order chi connectivity index (χ1) is 11.2. The molecule has 2 N–H and O–H groups in total. The van der Waals surface area contributed by atoms with E-state index in [0.29, 0.717) is 5.56 Å². The average molecular weight is 382 g/mol. The van der Waals surface area contributed by atoms with Crippen molar-refractivity contribution in [3.63, 3.8) is 0 Å². The first-order valence-electron chi connectivity index (χ1n) is 7.75. The van der Waals surface area contributed by atoms with Crippen molar-refractivity contribution >= 4 is 45.4 Å². The maximum atomic E-state index is 12.5. The summed E-state index contributed by atoms with van der Waals surface area (Å²) < 4.78 is 0.733. The summed E-state index contributed by atoms with van der Waals surface area (Å²) >= 11 is 3.44. The summed E-state index contributed by atoms with van der Waals surface area (Å²) in [5.74, 6) is -0.531. The number of halogens is 1. The third kappa shape index (κ3) is 4.35. The zero-order chi connectivity index (χ0) is 17.9. The lowest BCUT2D eigenvalue weighted by Gasteiger charge is -2.22. The second-order valence-electron chi connectivity index (χ2n) is 6.72. The van der Waals surface area contributed by atoms with Gasteiger partial charge in [0.15, 0.2) is 0 Å². The summed E-state index contributed by atoms with van der Waals surface area (Å²) in [5.41, 5.74) is 1.89. The lowest BCUT2D eigenvalue weighted by molar-refractivity contribution is 0.0949. The third-order valence-corrected chi connectivity index (χ3v) is 4.02. The molecule has 0 bridgehead atoms. The van der Waals surface area contributed by atoms with Crippen LogP contribution in [0.15, 0.2) is 59.6 Å². The van der Waals surface area contributed by atoms with Gasteiger partial charge < -0.3 is 10.4 Å². The highest BCUT2D eigenvalue weighted by Crippen LogP contribution is 2.37. The van der Waals surface area contributed by atoms with Crippen LogP contribution in [-0.4, -0.2) is 39.8 Å². The van der Waals surface area contributed by atoms with E-state index in [1.165, 1.54) is 0 Å². The number of hydrogen-bond acceptors (Lipinski definition) is 2. The molecule has 0 aliphatic rings. The van der Waals surface area contributed by atoms with E-state index in [0.717, 1.165) is 10.0 Å². The molecule has 1 atom stereocenters. The minimum absolute atomic E-state index is 0.0197. The molecule has 0 aliphatic carbocycles. The topological polar surface area (TPSA) is 49.3 Å². The first kappa shape index (κ1) is 18.5. The Bertz CT molecular complexity index is 760. The molecule has 2 aromatic carbocycles. The van der Waals surface area contributed by atoms with Crippen molar-refractivity contribution in [2.24, 2.45) is 0 Å². The van der Waals surface area contributed by atoms with E-state index in [9.17, 15) is 9.90 Å². The summed E-state index contributed by atoms with van der Waals surface area (Å²) in [7, 11) is 5.70. The van der Waals surface area contributed by atoms with Crippen molar-refractivity contribution in [1.82, 2.24) is 5.32 Å². The van der Waals surface area contributed by atoms with Crippen LogP contribution in [0.2, 0.25) is 0 Å². The number of phenols is 1. The lowest BCUT2D eigenvalue weighted by Crippen LogP contribution is -2.50. The van der Waals surface area contributed by atoms with Crippen LogP contribution in [0.3, 0.4) is 0 Å². The summed E-state index contributed by atoms with van der Waals surface area (Å²) in [4.78, 5) is 12.5. The van der Waals surface area contributed by atoms with Crippen LogP contribution in [0.1, 0.15) is 27.4 Å². The van der Waals surface area contributed by atoms with Crippen LogP contribution in [0.25, 0.3) is 0 Å². The number of allylic oxidation sites excluding steroid dienone is 1. The van der Waals surface area contributed by atoms with E-state index >= 15 is 0 Å². The quantitative estimate of drug-likeness (QED) is 0.592. The summed E-state index contributed by atoms with van der Waals surface area (Å²) in [6.07, 6.45) is 1.77. The summed E-state index contributed by atoms with van der Waals surface area (Å²) in [5, 5.41) is 13.2. The maximum Gasteiger partial charge on any atom is 0.253 e. The second kappa shape index (κ2) is 7.35. The van der Waals surface area contributed by atoms with Crippen molar-refractivity contribution in [2.45, 2.75) is 11.2 Å². The molecule has 24 heavy (non-hydrogen) atoms. The normalized spacial score (nSPS) is 12.4. The van der Waals surface area contributed by atoms with Gasteiger partial charge in [-0.25, -0.2) is 0 Å². The Morgan fingerprint density at radius 2 is 1.88 bits per heavy atom. The molecule has 120 valence electrons. The Balaban J connectivity index is 2.52. The van der Waals surface area contributed by atoms with E-state index in [2.05, 4.69) is 27.8 Å². The molecule has 1 unspecified atom stereocenters. The van der Waals surface area contributed by atoms with Crippen molar-refractivity contribution in [2.75, 3.05) is 0 Å². The SMILES string of the molecule is BC(B)(B)NC(=O)c1cc(Br)cc(C(C=C)c2ccccc2)c1O. The minimum atomic E-state index is -0.386. The molecule has 7 heteroatoms. The monoisotopic (exact) mass is 381 g/mol. The fourth-order valence-corrected chi connectivity index (χ4v) is 3.02. The molecule has 3 nitrogen and oxygen atoms in total. The van der Waals surface area contributed by atoms with Gasteiger partial charge in [-0.05, 0) is 22.9 Å². The van der Waals surface area contributed by atoms with Gasteiger partial charge in [0.25, 0.3) is 5.91 Å². The largest absolute Gasteiger partial charge is 0.507 e. The molecule has 0 radical (unpaired) electrons. The van der Waals surface area contributed by atoms with Crippen LogP contribution in [0.4, 0.5) is 0 Å². The van der Waals surface area contributed by atoms with E-state index < -0.39 is 0 Å². The van der Waals surface area contributed by atoms with Crippen LogP contribution in [0.5, 0.6) is 5.75 Å². The third-order valence-electron chi connectivity index (χ3n) is 3.57. The van der Waals surface area contributed by atoms with Crippen LogP contribution in [0, 0.1) is 0 Å². The molecule has 0 aliphatic heterocycles. The number of hydrogen-bond donors (Lipinski definition) is 2. The average Bonchev–Trinajstić information content (AvgIpc) is 2.50. The molecule has 0 saturated heterocycles. The number of carbonyl (C=O) groups is 1. The number of nitrogens with one attached hydrogen (secondary N) is 1. The highest BCUT2D eigenvalue weighted by molar-refractivity contribution is 9.10. The second-order valence-corrected chi connectivity index (χ2v) is 7.64. The summed E-state index contributed by atoms with van der Waals surface area (Å²) in [6.45, 7) is 3.89. The number of phenolic OH excluding ortho intramolecular Hbond substituents is 1. The number of benzene rings is 2. The first-order valence-corrected chi connectivity index (χ1v) is 8.54. The van der Waals surface area contributed by atoms with E-state index in [4.69, 9.17) is 0 Å². The van der Waals surface area contributed by atoms with Crippen LogP contribution in [-0.2, 0) is 0 Å². The van der Waals surface area contributed by atoms with Gasteiger partial charge in [0.05, 0.1) is 5.56 Å². The molecule has 1 amide bonds. The molecule has 0 spiro atoms.